The van der Waals surface area contributed by atoms with Crippen LogP contribution in [0.4, 0.5) is 0 Å². The molecule has 0 aliphatic rings. The van der Waals surface area contributed by atoms with Crippen LogP contribution in [-0.4, -0.2) is 12.6 Å². The van der Waals surface area contributed by atoms with E-state index < -0.39 is 0 Å². The van der Waals surface area contributed by atoms with Gasteiger partial charge in [-0.3, -0.25) is 0 Å². The minimum Gasteiger partial charge on any atom is -0.660 e. The summed E-state index contributed by atoms with van der Waals surface area (Å²) in [6.07, 6.45) is 3.23. The van der Waals surface area contributed by atoms with Crippen molar-refractivity contribution in [3.8, 4) is 0 Å². The van der Waals surface area contributed by atoms with Gasteiger partial charge in [-0.25, -0.2) is 0 Å². The summed E-state index contributed by atoms with van der Waals surface area (Å²) in [6.45, 7) is 13.5. The Kier molecular flexibility index (Phi) is 18.9. The third kappa shape index (κ3) is 30.5. The van der Waals surface area contributed by atoms with Crippen molar-refractivity contribution in [2.24, 2.45) is 0 Å². The molecule has 0 saturated carbocycles. The molecule has 12 heavy (non-hydrogen) atoms. The molecule has 0 fully saturated rings. The standard InChI is InChI=1S/C5H12N.C5H10.Y/c1-5(2,3)6-4;1-3-5-4-2;/h1-4H3;1-5H2;/q-1;-2;+3. The Bertz CT molecular complexity index is 64.7. The SMILES string of the molecule is C[N-]C(C)(C)C.[CH2-]CCC[CH2-].[Y+3]. The first-order valence-electron chi connectivity index (χ1n) is 4.17. The van der Waals surface area contributed by atoms with E-state index >= 15 is 0 Å². The summed E-state index contributed by atoms with van der Waals surface area (Å²) in [6, 6.07) is 0. The average molecular weight is 245 g/mol. The van der Waals surface area contributed by atoms with Crippen molar-refractivity contribution in [3.05, 3.63) is 19.2 Å². The first-order valence-corrected chi connectivity index (χ1v) is 4.17. The molecule has 0 N–H and O–H groups in total. The molecule has 0 radical (unpaired) electrons. The van der Waals surface area contributed by atoms with Crippen LogP contribution >= 0.6 is 0 Å². The molecule has 1 nitrogen and oxygen atoms in total. The molecule has 0 unspecified atom stereocenters. The molecule has 70 valence electrons. The molecule has 0 aromatic heterocycles. The molecule has 0 saturated heterocycles. The zero-order valence-electron chi connectivity index (χ0n) is 9.06. The molecule has 0 atom stereocenters. The van der Waals surface area contributed by atoms with Crippen LogP contribution in [0.5, 0.6) is 0 Å². The van der Waals surface area contributed by atoms with Crippen molar-refractivity contribution in [1.82, 2.24) is 0 Å². The Morgan fingerprint density at radius 1 is 1.08 bits per heavy atom. The van der Waals surface area contributed by atoms with E-state index in [9.17, 15) is 0 Å². The number of rotatable bonds is 2. The molecule has 0 rings (SSSR count). The Balaban J connectivity index is -0.000000126. The quantitative estimate of drug-likeness (QED) is 0.660. The van der Waals surface area contributed by atoms with Gasteiger partial charge >= 0.3 is 32.7 Å². The monoisotopic (exact) mass is 245 g/mol. The third-order valence-corrected chi connectivity index (χ3v) is 1.17. The number of hydrogen-bond donors (Lipinski definition) is 0. The molecule has 0 bridgehead atoms. The van der Waals surface area contributed by atoms with Crippen LogP contribution < -0.4 is 0 Å². The van der Waals surface area contributed by atoms with E-state index in [1.165, 1.54) is 6.42 Å². The van der Waals surface area contributed by atoms with Gasteiger partial charge in [-0.15, -0.1) is 12.0 Å². The van der Waals surface area contributed by atoms with E-state index in [1.807, 2.05) is 7.05 Å². The maximum Gasteiger partial charge on any atom is 3.00 e. The Hall–Kier alpha value is 1.06. The minimum atomic E-state index is 0. The fourth-order valence-electron chi connectivity index (χ4n) is 0.177. The van der Waals surface area contributed by atoms with Crippen molar-refractivity contribution in [3.63, 3.8) is 0 Å². The van der Waals surface area contributed by atoms with E-state index in [0.29, 0.717) is 0 Å². The van der Waals surface area contributed by atoms with Crippen LogP contribution in [0.2, 0.25) is 0 Å². The summed E-state index contributed by atoms with van der Waals surface area (Å²) in [5.41, 5.74) is 0.167. The summed E-state index contributed by atoms with van der Waals surface area (Å²) >= 11 is 0. The van der Waals surface area contributed by atoms with Gasteiger partial charge in [-0.2, -0.15) is 19.9 Å². The van der Waals surface area contributed by atoms with Gasteiger partial charge in [-0.1, -0.05) is 20.8 Å². The van der Waals surface area contributed by atoms with Crippen LogP contribution in [0.25, 0.3) is 5.32 Å². The second kappa shape index (κ2) is 12.1. The second-order valence-electron chi connectivity index (χ2n) is 3.46. The van der Waals surface area contributed by atoms with Gasteiger partial charge in [0.25, 0.3) is 0 Å². The number of hydrogen-bond acceptors (Lipinski definition) is 0. The van der Waals surface area contributed by atoms with Crippen molar-refractivity contribution >= 4 is 0 Å². The maximum atomic E-state index is 4.02. The van der Waals surface area contributed by atoms with E-state index in [4.69, 9.17) is 0 Å². The number of nitrogens with zero attached hydrogens (tertiary/aromatic N) is 1. The summed E-state index contributed by atoms with van der Waals surface area (Å²) in [5.74, 6) is 0. The van der Waals surface area contributed by atoms with Crippen molar-refractivity contribution in [1.29, 1.82) is 0 Å². The van der Waals surface area contributed by atoms with Crippen LogP contribution in [0.15, 0.2) is 0 Å². The second-order valence-corrected chi connectivity index (χ2v) is 3.46. The summed E-state index contributed by atoms with van der Waals surface area (Å²) in [7, 11) is 1.83. The van der Waals surface area contributed by atoms with E-state index in [-0.39, 0.29) is 38.2 Å². The first kappa shape index (κ1) is 18.8. The van der Waals surface area contributed by atoms with E-state index in [1.54, 1.807) is 0 Å². The zero-order valence-corrected chi connectivity index (χ0v) is 11.9. The molecule has 0 heterocycles. The molecular formula is C10H22NY. The molecule has 0 aromatic rings. The van der Waals surface area contributed by atoms with Gasteiger partial charge < -0.3 is 19.2 Å². The van der Waals surface area contributed by atoms with Crippen molar-refractivity contribution in [2.75, 3.05) is 7.05 Å². The molecule has 0 amide bonds. The smallest absolute Gasteiger partial charge is 0.660 e. The van der Waals surface area contributed by atoms with Gasteiger partial charge in [0.1, 0.15) is 0 Å². The van der Waals surface area contributed by atoms with Gasteiger partial charge in [0.2, 0.25) is 0 Å². The van der Waals surface area contributed by atoms with Crippen molar-refractivity contribution < 1.29 is 32.7 Å². The van der Waals surface area contributed by atoms with Crippen LogP contribution in [0.3, 0.4) is 0 Å². The summed E-state index contributed by atoms with van der Waals surface area (Å²) < 4.78 is 0. The molecule has 0 aromatic carbocycles. The van der Waals surface area contributed by atoms with Crippen LogP contribution in [-0.2, 0) is 32.7 Å². The summed E-state index contributed by atoms with van der Waals surface area (Å²) in [4.78, 5) is 0. The van der Waals surface area contributed by atoms with E-state index in [0.717, 1.165) is 12.8 Å². The first-order chi connectivity index (χ1) is 4.97. The predicted octanol–water partition coefficient (Wildman–Crippen LogP) is 3.61. The number of unbranched alkanes of at least 4 members (excludes halogenated alkanes) is 2. The Morgan fingerprint density at radius 3 is 1.33 bits per heavy atom. The van der Waals surface area contributed by atoms with Gasteiger partial charge in [0.15, 0.2) is 0 Å². The van der Waals surface area contributed by atoms with Gasteiger partial charge in [0, 0.05) is 0 Å². The fraction of sp³-hybridized carbons (Fsp3) is 0.800. The molecule has 0 spiro atoms. The van der Waals surface area contributed by atoms with Crippen LogP contribution in [0, 0.1) is 13.8 Å². The minimum absolute atomic E-state index is 0. The Morgan fingerprint density at radius 2 is 1.33 bits per heavy atom. The van der Waals surface area contributed by atoms with E-state index in [2.05, 4.69) is 39.9 Å². The topological polar surface area (TPSA) is 14.1 Å². The van der Waals surface area contributed by atoms with Gasteiger partial charge in [-0.05, 0) is 0 Å². The predicted molar refractivity (Wildman–Crippen MR) is 53.6 cm³/mol. The third-order valence-electron chi connectivity index (χ3n) is 1.17. The Labute approximate surface area is 104 Å². The maximum absolute atomic E-state index is 4.02. The normalized spacial score (nSPS) is 9.50. The average Bonchev–Trinajstić information content (AvgIpc) is 1.90. The van der Waals surface area contributed by atoms with Crippen LogP contribution in [0.1, 0.15) is 40.0 Å². The molecular weight excluding hydrogens is 223 g/mol. The fourth-order valence-corrected chi connectivity index (χ4v) is 0.177. The largest absolute Gasteiger partial charge is 3.00 e. The molecule has 2 heteroatoms. The molecule has 0 aliphatic heterocycles. The zero-order chi connectivity index (χ0) is 9.33. The summed E-state index contributed by atoms with van der Waals surface area (Å²) in [5, 5.41) is 4.02. The van der Waals surface area contributed by atoms with Crippen molar-refractivity contribution in [2.45, 2.75) is 45.6 Å². The molecule has 0 aliphatic carbocycles. The van der Waals surface area contributed by atoms with Gasteiger partial charge in [0.05, 0.1) is 0 Å².